The number of halogens is 1. The van der Waals surface area contributed by atoms with Crippen molar-refractivity contribution in [3.63, 3.8) is 0 Å². The molecule has 3 aromatic rings. The average molecular weight is 485 g/mol. The van der Waals surface area contributed by atoms with Crippen molar-refractivity contribution in [2.45, 2.75) is 4.90 Å². The first-order chi connectivity index (χ1) is 14.6. The number of thioether (sulfide) groups is 1. The summed E-state index contributed by atoms with van der Waals surface area (Å²) < 4.78 is 11.5. The van der Waals surface area contributed by atoms with E-state index < -0.39 is 5.97 Å². The van der Waals surface area contributed by atoms with Gasteiger partial charge >= 0.3 is 5.97 Å². The monoisotopic (exact) mass is 484 g/mol. The zero-order chi connectivity index (χ0) is 21.3. The highest BCUT2D eigenvalue weighted by molar-refractivity contribution is 9.10. The maximum atomic E-state index is 10.6. The van der Waals surface area contributed by atoms with Crippen LogP contribution in [0.4, 0.5) is 0 Å². The zero-order valence-electron chi connectivity index (χ0n) is 16.4. The van der Waals surface area contributed by atoms with Gasteiger partial charge in [0.05, 0.1) is 7.11 Å². The highest BCUT2D eigenvalue weighted by Crippen LogP contribution is 2.33. The second-order valence-corrected chi connectivity index (χ2v) is 8.22. The van der Waals surface area contributed by atoms with Crippen LogP contribution in [0.1, 0.15) is 11.1 Å². The average Bonchev–Trinajstić information content (AvgIpc) is 2.77. The summed E-state index contributed by atoms with van der Waals surface area (Å²) in [5.41, 5.74) is 3.38. The normalized spacial score (nSPS) is 11.2. The Bertz CT molecular complexity index is 1030. The van der Waals surface area contributed by atoms with Gasteiger partial charge in [-0.3, -0.25) is 0 Å². The Kier molecular flexibility index (Phi) is 7.99. The molecule has 0 bridgehead atoms. The van der Waals surface area contributed by atoms with Gasteiger partial charge in [-0.15, -0.1) is 11.8 Å². The van der Waals surface area contributed by atoms with Gasteiger partial charge in [-0.25, -0.2) is 4.79 Å². The van der Waals surface area contributed by atoms with E-state index in [4.69, 9.17) is 14.6 Å². The summed E-state index contributed by atoms with van der Waals surface area (Å²) in [5.74, 6) is 1.10. The Morgan fingerprint density at radius 1 is 1.00 bits per heavy atom. The molecule has 0 aliphatic heterocycles. The molecule has 0 unspecified atom stereocenters. The minimum absolute atomic E-state index is 0.358. The molecule has 0 aliphatic carbocycles. The van der Waals surface area contributed by atoms with Crippen molar-refractivity contribution >= 4 is 39.2 Å². The first kappa shape index (κ1) is 22.0. The zero-order valence-corrected chi connectivity index (χ0v) is 18.8. The Hall–Kier alpha value is -2.70. The number of carboxylic acids is 1. The smallest absolute Gasteiger partial charge is 0.341 e. The van der Waals surface area contributed by atoms with Gasteiger partial charge in [0.1, 0.15) is 11.5 Å². The summed E-state index contributed by atoms with van der Waals surface area (Å²) in [6.45, 7) is -0.358. The molecule has 6 heteroatoms. The fourth-order valence-corrected chi connectivity index (χ4v) is 4.35. The van der Waals surface area contributed by atoms with Gasteiger partial charge in [0.25, 0.3) is 0 Å². The molecule has 0 saturated carbocycles. The lowest BCUT2D eigenvalue weighted by molar-refractivity contribution is -0.139. The van der Waals surface area contributed by atoms with Crippen molar-refractivity contribution in [3.05, 3.63) is 94.5 Å². The summed E-state index contributed by atoms with van der Waals surface area (Å²) in [6.07, 6.45) is 2.20. The Labute approximate surface area is 188 Å². The molecule has 4 nitrogen and oxygen atoms in total. The molecule has 0 aromatic heterocycles. The third-order valence-electron chi connectivity index (χ3n) is 4.26. The molecule has 3 rings (SSSR count). The highest BCUT2D eigenvalue weighted by Gasteiger charge is 2.08. The number of methoxy groups -OCH3 is 1. The molecule has 0 saturated heterocycles. The molecule has 0 atom stereocenters. The van der Waals surface area contributed by atoms with Gasteiger partial charge in [0, 0.05) is 15.1 Å². The van der Waals surface area contributed by atoms with Crippen LogP contribution in [0.5, 0.6) is 11.5 Å². The van der Waals surface area contributed by atoms with Gasteiger partial charge in [0.2, 0.25) is 0 Å². The highest BCUT2D eigenvalue weighted by atomic mass is 79.9. The van der Waals surface area contributed by atoms with Crippen LogP contribution in [-0.2, 0) is 4.79 Å². The predicted molar refractivity (Wildman–Crippen MR) is 125 cm³/mol. The van der Waals surface area contributed by atoms with E-state index in [-0.39, 0.29) is 6.61 Å². The Morgan fingerprint density at radius 3 is 2.47 bits per heavy atom. The topological polar surface area (TPSA) is 55.8 Å². The van der Waals surface area contributed by atoms with Gasteiger partial charge < -0.3 is 14.6 Å². The molecule has 0 radical (unpaired) electrons. The minimum Gasteiger partial charge on any atom is -0.497 e. The maximum absolute atomic E-state index is 10.6. The molecular weight excluding hydrogens is 464 g/mol. The fourth-order valence-electron chi connectivity index (χ4n) is 2.86. The Morgan fingerprint density at radius 2 is 1.77 bits per heavy atom. The van der Waals surface area contributed by atoms with Gasteiger partial charge in [0.15, 0.2) is 6.61 Å². The van der Waals surface area contributed by atoms with Gasteiger partial charge in [-0.1, -0.05) is 48.5 Å². The molecule has 0 amide bonds. The number of ether oxygens (including phenoxy) is 2. The quantitative estimate of drug-likeness (QED) is 0.369. The molecule has 0 heterocycles. The van der Waals surface area contributed by atoms with E-state index in [0.717, 1.165) is 37.6 Å². The van der Waals surface area contributed by atoms with Crippen molar-refractivity contribution in [1.82, 2.24) is 0 Å². The Balaban J connectivity index is 1.79. The lowest BCUT2D eigenvalue weighted by Crippen LogP contribution is -2.09. The lowest BCUT2D eigenvalue weighted by atomic mass is 9.98. The summed E-state index contributed by atoms with van der Waals surface area (Å²) in [6, 6.07) is 23.8. The van der Waals surface area contributed by atoms with Crippen LogP contribution in [0, 0.1) is 0 Å². The molecule has 3 aromatic carbocycles. The third-order valence-corrected chi connectivity index (χ3v) is 6.18. The molecule has 1 N–H and O–H groups in total. The van der Waals surface area contributed by atoms with Gasteiger partial charge in [-0.05, 0) is 63.0 Å². The number of aliphatic carboxylic acids is 1. The van der Waals surface area contributed by atoms with Crippen LogP contribution in [0.15, 0.2) is 88.2 Å². The second-order valence-electron chi connectivity index (χ2n) is 6.30. The van der Waals surface area contributed by atoms with Crippen LogP contribution >= 0.6 is 27.7 Å². The summed E-state index contributed by atoms with van der Waals surface area (Å²) in [5, 5.41) is 8.73. The minimum atomic E-state index is -0.999. The lowest BCUT2D eigenvalue weighted by Gasteiger charge is -2.11. The predicted octanol–water partition coefficient (Wildman–Crippen LogP) is 6.15. The van der Waals surface area contributed by atoms with Crippen molar-refractivity contribution < 1.29 is 19.4 Å². The number of rotatable bonds is 9. The van der Waals surface area contributed by atoms with E-state index in [0.29, 0.717) is 5.75 Å². The molecule has 154 valence electrons. The van der Waals surface area contributed by atoms with Crippen LogP contribution in [0.2, 0.25) is 0 Å². The number of hydrogen-bond donors (Lipinski definition) is 1. The summed E-state index contributed by atoms with van der Waals surface area (Å²) >= 11 is 5.23. The number of benzene rings is 3. The van der Waals surface area contributed by atoms with Crippen molar-refractivity contribution in [1.29, 1.82) is 0 Å². The molecule has 0 fully saturated rings. The molecular formula is C24H21BrO4S. The standard InChI is InChI=1S/C24H21BrO4S/c1-28-19-9-5-8-18(14-19)21(17-6-3-2-4-7-17)12-13-30-23-11-10-20(15-22(23)25)29-16-24(26)27/h2-12,14-15H,13,16H2,1H3,(H,26,27)/b21-12-. The van der Waals surface area contributed by atoms with E-state index in [2.05, 4.69) is 40.2 Å². The first-order valence-corrected chi connectivity index (χ1v) is 11.0. The van der Waals surface area contributed by atoms with Crippen LogP contribution in [0.3, 0.4) is 0 Å². The first-order valence-electron chi connectivity index (χ1n) is 9.24. The fraction of sp³-hybridized carbons (Fsp3) is 0.125. The number of carboxylic acid groups (broad SMARTS) is 1. The van der Waals surface area contributed by atoms with Crippen molar-refractivity contribution in [2.24, 2.45) is 0 Å². The van der Waals surface area contributed by atoms with Crippen LogP contribution in [0.25, 0.3) is 5.57 Å². The molecule has 30 heavy (non-hydrogen) atoms. The van der Waals surface area contributed by atoms with Crippen LogP contribution in [-0.4, -0.2) is 30.5 Å². The summed E-state index contributed by atoms with van der Waals surface area (Å²) in [4.78, 5) is 11.7. The maximum Gasteiger partial charge on any atom is 0.341 e. The van der Waals surface area contributed by atoms with Crippen molar-refractivity contribution in [3.8, 4) is 11.5 Å². The van der Waals surface area contributed by atoms with E-state index in [1.165, 1.54) is 0 Å². The van der Waals surface area contributed by atoms with E-state index in [9.17, 15) is 4.79 Å². The molecule has 0 aliphatic rings. The number of carbonyl (C=O) groups is 1. The second kappa shape index (κ2) is 10.9. The third kappa shape index (κ3) is 6.15. The molecule has 0 spiro atoms. The van der Waals surface area contributed by atoms with Crippen molar-refractivity contribution in [2.75, 3.05) is 19.5 Å². The van der Waals surface area contributed by atoms with Gasteiger partial charge in [-0.2, -0.15) is 0 Å². The van der Waals surface area contributed by atoms with E-state index in [1.54, 1.807) is 31.0 Å². The van der Waals surface area contributed by atoms with Crippen LogP contribution < -0.4 is 9.47 Å². The SMILES string of the molecule is COc1cccc(/C(=C\CSc2ccc(OCC(=O)O)cc2Br)c2ccccc2)c1. The van der Waals surface area contributed by atoms with E-state index >= 15 is 0 Å². The van der Waals surface area contributed by atoms with E-state index in [1.807, 2.05) is 42.5 Å². The summed E-state index contributed by atoms with van der Waals surface area (Å²) in [7, 11) is 1.67. The largest absolute Gasteiger partial charge is 0.497 e. The number of hydrogen-bond acceptors (Lipinski definition) is 4.